The van der Waals surface area contributed by atoms with Gasteiger partial charge in [0.1, 0.15) is 18.0 Å². The van der Waals surface area contributed by atoms with Gasteiger partial charge in [-0.2, -0.15) is 0 Å². The average Bonchev–Trinajstić information content (AvgIpc) is 2.89. The van der Waals surface area contributed by atoms with Crippen molar-refractivity contribution in [3.05, 3.63) is 29.0 Å². The van der Waals surface area contributed by atoms with Gasteiger partial charge >= 0.3 is 0 Å². The third-order valence-corrected chi connectivity index (χ3v) is 3.12. The van der Waals surface area contributed by atoms with Crippen molar-refractivity contribution in [1.29, 1.82) is 0 Å². The lowest BCUT2D eigenvalue weighted by atomic mass is 10.4. The molecular formula is C12H17N5S. The molecule has 0 spiro atoms. The van der Waals surface area contributed by atoms with Gasteiger partial charge in [0.2, 0.25) is 0 Å². The number of thiazole rings is 1. The summed E-state index contributed by atoms with van der Waals surface area (Å²) in [6.07, 6.45) is 2.67. The molecule has 0 aromatic carbocycles. The molecule has 2 aromatic rings. The Balaban J connectivity index is 2.03. The van der Waals surface area contributed by atoms with E-state index in [1.807, 2.05) is 24.0 Å². The predicted octanol–water partition coefficient (Wildman–Crippen LogP) is 2.39. The lowest BCUT2D eigenvalue weighted by Crippen LogP contribution is -2.18. The van der Waals surface area contributed by atoms with Crippen LogP contribution in [0.2, 0.25) is 0 Å². The molecule has 0 atom stereocenters. The van der Waals surface area contributed by atoms with E-state index in [2.05, 4.69) is 32.1 Å². The Hall–Kier alpha value is -1.69. The molecule has 0 bridgehead atoms. The molecule has 6 heteroatoms. The zero-order chi connectivity index (χ0) is 12.8. The second kappa shape index (κ2) is 6.30. The van der Waals surface area contributed by atoms with E-state index in [1.165, 1.54) is 0 Å². The first-order chi connectivity index (χ1) is 8.79. The molecule has 0 saturated carbocycles. The van der Waals surface area contributed by atoms with Crippen LogP contribution in [0.25, 0.3) is 0 Å². The summed E-state index contributed by atoms with van der Waals surface area (Å²) in [7, 11) is 2.01. The number of anilines is 2. The molecular weight excluding hydrogens is 246 g/mol. The fourth-order valence-electron chi connectivity index (χ4n) is 1.55. The summed E-state index contributed by atoms with van der Waals surface area (Å²) in [5.74, 6) is 1.77. The number of hydrogen-bond acceptors (Lipinski definition) is 6. The molecule has 96 valence electrons. The highest BCUT2D eigenvalue weighted by Crippen LogP contribution is 2.15. The molecule has 5 nitrogen and oxygen atoms in total. The summed E-state index contributed by atoms with van der Waals surface area (Å²) in [6, 6.07) is 1.96. The van der Waals surface area contributed by atoms with Crippen LogP contribution in [0, 0.1) is 0 Å². The minimum atomic E-state index is 0.758. The van der Waals surface area contributed by atoms with Gasteiger partial charge in [-0.15, -0.1) is 11.3 Å². The van der Waals surface area contributed by atoms with E-state index in [1.54, 1.807) is 17.7 Å². The Morgan fingerprint density at radius 3 is 2.94 bits per heavy atom. The molecule has 0 saturated heterocycles. The Labute approximate surface area is 111 Å². The van der Waals surface area contributed by atoms with Gasteiger partial charge in [0, 0.05) is 25.0 Å². The van der Waals surface area contributed by atoms with Gasteiger partial charge < -0.3 is 10.2 Å². The molecule has 0 aliphatic carbocycles. The molecule has 0 fully saturated rings. The van der Waals surface area contributed by atoms with Crippen LogP contribution >= 0.6 is 11.3 Å². The minimum Gasteiger partial charge on any atom is -0.370 e. The number of rotatable bonds is 6. The van der Waals surface area contributed by atoms with Crippen molar-refractivity contribution in [2.75, 3.05) is 23.8 Å². The van der Waals surface area contributed by atoms with Crippen LogP contribution in [0.5, 0.6) is 0 Å². The van der Waals surface area contributed by atoms with E-state index in [-0.39, 0.29) is 0 Å². The van der Waals surface area contributed by atoms with Gasteiger partial charge in [0.25, 0.3) is 0 Å². The van der Waals surface area contributed by atoms with E-state index < -0.39 is 0 Å². The Morgan fingerprint density at radius 2 is 2.22 bits per heavy atom. The van der Waals surface area contributed by atoms with E-state index >= 15 is 0 Å². The van der Waals surface area contributed by atoms with Crippen molar-refractivity contribution in [3.63, 3.8) is 0 Å². The van der Waals surface area contributed by atoms with Crippen molar-refractivity contribution in [2.24, 2.45) is 0 Å². The zero-order valence-corrected chi connectivity index (χ0v) is 11.4. The molecule has 2 rings (SSSR count). The van der Waals surface area contributed by atoms with Crippen molar-refractivity contribution in [2.45, 2.75) is 19.9 Å². The highest BCUT2D eigenvalue weighted by molar-refractivity contribution is 7.07. The van der Waals surface area contributed by atoms with Crippen LogP contribution in [0.3, 0.4) is 0 Å². The lowest BCUT2D eigenvalue weighted by molar-refractivity contribution is 0.867. The second-order valence-electron chi connectivity index (χ2n) is 4.02. The van der Waals surface area contributed by atoms with Gasteiger partial charge in [0.15, 0.2) is 0 Å². The van der Waals surface area contributed by atoms with Crippen LogP contribution in [-0.2, 0) is 6.54 Å². The topological polar surface area (TPSA) is 53.9 Å². The highest BCUT2D eigenvalue weighted by Gasteiger charge is 2.06. The number of aromatic nitrogens is 3. The molecule has 0 aliphatic rings. The quantitative estimate of drug-likeness (QED) is 0.867. The highest BCUT2D eigenvalue weighted by atomic mass is 32.1. The third-order valence-electron chi connectivity index (χ3n) is 2.48. The molecule has 2 heterocycles. The SMILES string of the molecule is CCCNc1cc(N(C)Cc2cscn2)ncn1. The largest absolute Gasteiger partial charge is 0.370 e. The van der Waals surface area contributed by atoms with Crippen molar-refractivity contribution >= 4 is 23.0 Å². The number of hydrogen-bond donors (Lipinski definition) is 1. The summed E-state index contributed by atoms with van der Waals surface area (Å²) in [4.78, 5) is 14.8. The van der Waals surface area contributed by atoms with E-state index in [0.717, 1.165) is 36.8 Å². The van der Waals surface area contributed by atoms with Gasteiger partial charge in [-0.3, -0.25) is 0 Å². The standard InChI is InChI=1S/C12H17N5S/c1-3-4-13-11-5-12(15-8-14-11)17(2)6-10-7-18-9-16-10/h5,7-9H,3-4,6H2,1-2H3,(H,13,14,15). The third kappa shape index (κ3) is 3.40. The molecule has 1 N–H and O–H groups in total. The first-order valence-electron chi connectivity index (χ1n) is 5.93. The molecule has 18 heavy (non-hydrogen) atoms. The Bertz CT molecular complexity index is 471. The second-order valence-corrected chi connectivity index (χ2v) is 4.74. The van der Waals surface area contributed by atoms with Crippen LogP contribution in [0.15, 0.2) is 23.3 Å². The molecule has 0 unspecified atom stereocenters. The summed E-state index contributed by atoms with van der Waals surface area (Å²) in [6.45, 7) is 3.81. The van der Waals surface area contributed by atoms with Gasteiger partial charge in [-0.25, -0.2) is 15.0 Å². The summed E-state index contributed by atoms with van der Waals surface area (Å²) < 4.78 is 0. The Kier molecular flexibility index (Phi) is 4.46. The predicted molar refractivity (Wildman–Crippen MR) is 75.0 cm³/mol. The first kappa shape index (κ1) is 12.8. The normalized spacial score (nSPS) is 10.3. The Morgan fingerprint density at radius 1 is 1.33 bits per heavy atom. The van der Waals surface area contributed by atoms with E-state index in [9.17, 15) is 0 Å². The lowest BCUT2D eigenvalue weighted by Gasteiger charge is -2.17. The number of nitrogens with zero attached hydrogens (tertiary/aromatic N) is 4. The van der Waals surface area contributed by atoms with E-state index in [0.29, 0.717) is 0 Å². The molecule has 2 aromatic heterocycles. The number of nitrogens with one attached hydrogen (secondary N) is 1. The summed E-state index contributed by atoms with van der Waals surface area (Å²) in [5.41, 5.74) is 2.90. The van der Waals surface area contributed by atoms with Gasteiger partial charge in [-0.05, 0) is 6.42 Å². The van der Waals surface area contributed by atoms with Crippen LogP contribution < -0.4 is 10.2 Å². The summed E-state index contributed by atoms with van der Waals surface area (Å²) in [5, 5.41) is 5.31. The fraction of sp³-hybridized carbons (Fsp3) is 0.417. The zero-order valence-electron chi connectivity index (χ0n) is 10.6. The van der Waals surface area contributed by atoms with Gasteiger partial charge in [0.05, 0.1) is 17.7 Å². The molecule has 0 amide bonds. The smallest absolute Gasteiger partial charge is 0.134 e. The maximum Gasteiger partial charge on any atom is 0.134 e. The molecule has 0 radical (unpaired) electrons. The van der Waals surface area contributed by atoms with Gasteiger partial charge in [-0.1, -0.05) is 6.92 Å². The molecule has 0 aliphatic heterocycles. The van der Waals surface area contributed by atoms with Crippen LogP contribution in [0.4, 0.5) is 11.6 Å². The maximum atomic E-state index is 4.28. The van der Waals surface area contributed by atoms with Crippen molar-refractivity contribution < 1.29 is 0 Å². The monoisotopic (exact) mass is 263 g/mol. The average molecular weight is 263 g/mol. The summed E-state index contributed by atoms with van der Waals surface area (Å²) >= 11 is 1.61. The maximum absolute atomic E-state index is 4.28. The van der Waals surface area contributed by atoms with Crippen LogP contribution in [0.1, 0.15) is 19.0 Å². The minimum absolute atomic E-state index is 0.758. The fourth-order valence-corrected chi connectivity index (χ4v) is 2.09. The van der Waals surface area contributed by atoms with Crippen molar-refractivity contribution in [1.82, 2.24) is 15.0 Å². The van der Waals surface area contributed by atoms with Crippen molar-refractivity contribution in [3.8, 4) is 0 Å². The van der Waals surface area contributed by atoms with E-state index in [4.69, 9.17) is 0 Å². The van der Waals surface area contributed by atoms with Crippen LogP contribution in [-0.4, -0.2) is 28.5 Å². The first-order valence-corrected chi connectivity index (χ1v) is 6.88.